The monoisotopic (exact) mass is 299 g/mol. The molecule has 0 saturated heterocycles. The van der Waals surface area contributed by atoms with Crippen molar-refractivity contribution in [1.29, 1.82) is 0 Å². The molecule has 0 spiro atoms. The molecule has 3 N–H and O–H groups in total. The van der Waals surface area contributed by atoms with Gasteiger partial charge in [-0.3, -0.25) is 4.79 Å². The van der Waals surface area contributed by atoms with E-state index in [9.17, 15) is 4.79 Å². The predicted octanol–water partition coefficient (Wildman–Crippen LogP) is 3.45. The molecule has 0 saturated carbocycles. The van der Waals surface area contributed by atoms with Gasteiger partial charge in [0, 0.05) is 11.6 Å². The average Bonchev–Trinajstić information content (AvgIpc) is 2.46. The molecule has 0 aliphatic rings. The second-order valence-corrected chi connectivity index (χ2v) is 5.43. The van der Waals surface area contributed by atoms with Crippen LogP contribution in [0.25, 0.3) is 11.1 Å². The van der Waals surface area contributed by atoms with E-state index < -0.39 is 12.0 Å². The normalized spacial score (nSPS) is 12.0. The minimum atomic E-state index is -0.906. The van der Waals surface area contributed by atoms with Gasteiger partial charge in [0.1, 0.15) is 5.75 Å². The molecule has 4 heteroatoms. The van der Waals surface area contributed by atoms with Gasteiger partial charge in [-0.05, 0) is 48.2 Å². The summed E-state index contributed by atoms with van der Waals surface area (Å²) in [6.07, 6.45) is -0.0987. The van der Waals surface area contributed by atoms with Crippen molar-refractivity contribution in [3.05, 3.63) is 53.1 Å². The Balaban J connectivity index is 2.56. The van der Waals surface area contributed by atoms with Crippen molar-refractivity contribution in [3.8, 4) is 16.9 Å². The average molecular weight is 299 g/mol. The van der Waals surface area contributed by atoms with Crippen molar-refractivity contribution in [2.75, 3.05) is 7.11 Å². The lowest BCUT2D eigenvalue weighted by Gasteiger charge is -2.17. The fourth-order valence-corrected chi connectivity index (χ4v) is 2.70. The Labute approximate surface area is 130 Å². The Hall–Kier alpha value is -2.33. The van der Waals surface area contributed by atoms with E-state index in [2.05, 4.69) is 0 Å². The van der Waals surface area contributed by atoms with Crippen LogP contribution in [0, 0.1) is 13.8 Å². The van der Waals surface area contributed by atoms with Crippen LogP contribution in [0.2, 0.25) is 0 Å². The Kier molecular flexibility index (Phi) is 4.83. The smallest absolute Gasteiger partial charge is 0.305 e. The lowest BCUT2D eigenvalue weighted by atomic mass is 9.92. The summed E-state index contributed by atoms with van der Waals surface area (Å²) < 4.78 is 5.47. The third kappa shape index (κ3) is 3.28. The summed E-state index contributed by atoms with van der Waals surface area (Å²) >= 11 is 0. The zero-order valence-corrected chi connectivity index (χ0v) is 13.1. The SMILES string of the molecule is COc1ccc([C@@H](N)CC(=O)O)cc1-c1c(C)cccc1C. The number of nitrogens with two attached hydrogens (primary N) is 1. The van der Waals surface area contributed by atoms with E-state index in [1.165, 1.54) is 0 Å². The summed E-state index contributed by atoms with van der Waals surface area (Å²) in [7, 11) is 1.63. The van der Waals surface area contributed by atoms with Gasteiger partial charge in [0.05, 0.1) is 13.5 Å². The first-order valence-corrected chi connectivity index (χ1v) is 7.16. The molecular formula is C18H21NO3. The molecule has 4 nitrogen and oxygen atoms in total. The maximum atomic E-state index is 10.9. The summed E-state index contributed by atoms with van der Waals surface area (Å²) in [6.45, 7) is 4.09. The largest absolute Gasteiger partial charge is 0.496 e. The first kappa shape index (κ1) is 16.0. The first-order valence-electron chi connectivity index (χ1n) is 7.16. The summed E-state index contributed by atoms with van der Waals surface area (Å²) in [4.78, 5) is 10.9. The van der Waals surface area contributed by atoms with Crippen LogP contribution >= 0.6 is 0 Å². The summed E-state index contributed by atoms with van der Waals surface area (Å²) in [5, 5.41) is 8.92. The van der Waals surface area contributed by atoms with Crippen molar-refractivity contribution >= 4 is 5.97 Å². The number of carbonyl (C=O) groups is 1. The number of hydrogen-bond acceptors (Lipinski definition) is 3. The number of carboxylic acid groups (broad SMARTS) is 1. The van der Waals surface area contributed by atoms with Crippen molar-refractivity contribution in [2.45, 2.75) is 26.3 Å². The first-order chi connectivity index (χ1) is 10.4. The van der Waals surface area contributed by atoms with Crippen LogP contribution in [0.15, 0.2) is 36.4 Å². The minimum Gasteiger partial charge on any atom is -0.496 e. The fourth-order valence-electron chi connectivity index (χ4n) is 2.70. The molecule has 2 aromatic carbocycles. The molecule has 0 amide bonds. The van der Waals surface area contributed by atoms with Gasteiger partial charge < -0.3 is 15.6 Å². The molecule has 0 radical (unpaired) electrons. The van der Waals surface area contributed by atoms with Crippen LogP contribution in [-0.4, -0.2) is 18.2 Å². The Bertz CT molecular complexity index is 674. The number of benzene rings is 2. The maximum absolute atomic E-state index is 10.9. The highest BCUT2D eigenvalue weighted by Gasteiger charge is 2.16. The highest BCUT2D eigenvalue weighted by Crippen LogP contribution is 2.36. The van der Waals surface area contributed by atoms with Crippen LogP contribution in [0.5, 0.6) is 5.75 Å². The third-order valence-corrected chi connectivity index (χ3v) is 3.80. The van der Waals surface area contributed by atoms with Crippen LogP contribution < -0.4 is 10.5 Å². The van der Waals surface area contributed by atoms with Crippen molar-refractivity contribution < 1.29 is 14.6 Å². The van der Waals surface area contributed by atoms with Crippen LogP contribution in [0.1, 0.15) is 29.2 Å². The van der Waals surface area contributed by atoms with Crippen LogP contribution in [0.3, 0.4) is 0 Å². The highest BCUT2D eigenvalue weighted by atomic mass is 16.5. The zero-order valence-electron chi connectivity index (χ0n) is 13.1. The Morgan fingerprint density at radius 1 is 1.23 bits per heavy atom. The lowest BCUT2D eigenvalue weighted by Crippen LogP contribution is -2.15. The molecule has 22 heavy (non-hydrogen) atoms. The standard InChI is InChI=1S/C18H21NO3/c1-11-5-4-6-12(2)18(11)14-9-13(7-8-16(14)22-3)15(19)10-17(20)21/h4-9,15H,10,19H2,1-3H3,(H,20,21)/t15-/m0/s1. The second kappa shape index (κ2) is 6.62. The molecule has 0 aromatic heterocycles. The molecule has 0 aliphatic heterocycles. The Morgan fingerprint density at radius 2 is 1.86 bits per heavy atom. The van der Waals surface area contributed by atoms with E-state index in [1.807, 2.05) is 50.2 Å². The number of aryl methyl sites for hydroxylation is 2. The summed E-state index contributed by atoms with van der Waals surface area (Å²) in [6, 6.07) is 11.2. The molecule has 0 unspecified atom stereocenters. The van der Waals surface area contributed by atoms with Gasteiger partial charge >= 0.3 is 5.97 Å². The topological polar surface area (TPSA) is 72.5 Å². The molecule has 0 bridgehead atoms. The Morgan fingerprint density at radius 3 is 2.41 bits per heavy atom. The number of rotatable bonds is 5. The number of ether oxygens (including phenoxy) is 1. The van der Waals surface area contributed by atoms with Gasteiger partial charge in [-0.25, -0.2) is 0 Å². The highest BCUT2D eigenvalue weighted by molar-refractivity contribution is 5.77. The minimum absolute atomic E-state index is 0.0987. The van der Waals surface area contributed by atoms with E-state index in [0.29, 0.717) is 0 Å². The molecule has 116 valence electrons. The molecule has 2 aromatic rings. The predicted molar refractivity (Wildman–Crippen MR) is 87.1 cm³/mol. The summed E-state index contributed by atoms with van der Waals surface area (Å²) in [5.41, 5.74) is 11.1. The van der Waals surface area contributed by atoms with E-state index in [1.54, 1.807) is 7.11 Å². The van der Waals surface area contributed by atoms with E-state index >= 15 is 0 Å². The van der Waals surface area contributed by atoms with Gasteiger partial charge in [0.2, 0.25) is 0 Å². The third-order valence-electron chi connectivity index (χ3n) is 3.80. The van der Waals surface area contributed by atoms with Crippen molar-refractivity contribution in [2.24, 2.45) is 5.73 Å². The molecule has 0 heterocycles. The fraction of sp³-hybridized carbons (Fsp3) is 0.278. The number of carboxylic acids is 1. The van der Waals surface area contributed by atoms with Gasteiger partial charge in [0.25, 0.3) is 0 Å². The summed E-state index contributed by atoms with van der Waals surface area (Å²) in [5.74, 6) is -0.152. The molecule has 2 rings (SSSR count). The van der Waals surface area contributed by atoms with Gasteiger partial charge in [-0.1, -0.05) is 24.3 Å². The van der Waals surface area contributed by atoms with Gasteiger partial charge in [0.15, 0.2) is 0 Å². The van der Waals surface area contributed by atoms with Crippen molar-refractivity contribution in [3.63, 3.8) is 0 Å². The van der Waals surface area contributed by atoms with Gasteiger partial charge in [-0.2, -0.15) is 0 Å². The van der Waals surface area contributed by atoms with Crippen LogP contribution in [0.4, 0.5) is 0 Å². The quantitative estimate of drug-likeness (QED) is 0.887. The zero-order chi connectivity index (χ0) is 16.3. The van der Waals surface area contributed by atoms with Gasteiger partial charge in [-0.15, -0.1) is 0 Å². The van der Waals surface area contributed by atoms with E-state index in [4.69, 9.17) is 15.6 Å². The van der Waals surface area contributed by atoms with E-state index in [0.717, 1.165) is 33.6 Å². The molecule has 1 atom stereocenters. The molecule has 0 fully saturated rings. The van der Waals surface area contributed by atoms with E-state index in [-0.39, 0.29) is 6.42 Å². The number of aliphatic carboxylic acids is 1. The molecule has 0 aliphatic carbocycles. The second-order valence-electron chi connectivity index (χ2n) is 5.43. The van der Waals surface area contributed by atoms with Crippen molar-refractivity contribution in [1.82, 2.24) is 0 Å². The molecular weight excluding hydrogens is 278 g/mol. The van der Waals surface area contributed by atoms with Crippen LogP contribution in [-0.2, 0) is 4.79 Å². The lowest BCUT2D eigenvalue weighted by molar-refractivity contribution is -0.137. The number of methoxy groups -OCH3 is 1. The number of hydrogen-bond donors (Lipinski definition) is 2. The maximum Gasteiger partial charge on any atom is 0.305 e.